The minimum atomic E-state index is 0.647. The first kappa shape index (κ1) is 17.9. The quantitative estimate of drug-likeness (QED) is 0.638. The minimum absolute atomic E-state index is 0.647. The zero-order chi connectivity index (χ0) is 18.2. The maximum absolute atomic E-state index is 5.74. The van der Waals surface area contributed by atoms with Crippen LogP contribution in [0.3, 0.4) is 0 Å². The zero-order valence-electron chi connectivity index (χ0n) is 15.2. The van der Waals surface area contributed by atoms with Crippen molar-refractivity contribution in [2.24, 2.45) is 4.99 Å². The molecule has 0 aliphatic carbocycles. The fraction of sp³-hybridized carbons (Fsp3) is 0.350. The van der Waals surface area contributed by atoms with Gasteiger partial charge in [0.1, 0.15) is 5.75 Å². The van der Waals surface area contributed by atoms with E-state index in [0.29, 0.717) is 26.3 Å². The molecule has 138 valence electrons. The number of aliphatic imine (C=N–C) groups is 1. The molecule has 1 aliphatic rings. The van der Waals surface area contributed by atoms with Crippen molar-refractivity contribution >= 4 is 5.96 Å². The van der Waals surface area contributed by atoms with Gasteiger partial charge < -0.3 is 24.8 Å². The molecule has 0 aromatic heterocycles. The largest absolute Gasteiger partial charge is 0.497 e. The molecule has 0 amide bonds. The molecule has 0 radical (unpaired) electrons. The van der Waals surface area contributed by atoms with Crippen molar-refractivity contribution in [1.29, 1.82) is 0 Å². The van der Waals surface area contributed by atoms with Crippen LogP contribution in [-0.4, -0.2) is 33.3 Å². The van der Waals surface area contributed by atoms with Crippen molar-refractivity contribution in [2.45, 2.75) is 19.5 Å². The molecular formula is C20H25N3O3. The number of methoxy groups -OCH3 is 1. The van der Waals surface area contributed by atoms with Gasteiger partial charge in [-0.1, -0.05) is 18.2 Å². The number of fused-ring (bicyclic) bond motifs is 1. The van der Waals surface area contributed by atoms with E-state index in [1.165, 1.54) is 0 Å². The second-order valence-corrected chi connectivity index (χ2v) is 5.96. The van der Waals surface area contributed by atoms with Crippen LogP contribution in [0.1, 0.15) is 17.5 Å². The van der Waals surface area contributed by atoms with E-state index in [0.717, 1.165) is 40.8 Å². The van der Waals surface area contributed by atoms with Gasteiger partial charge in [-0.05, 0) is 35.4 Å². The number of hydrogen-bond acceptors (Lipinski definition) is 4. The Kier molecular flexibility index (Phi) is 6.19. The molecule has 1 heterocycles. The van der Waals surface area contributed by atoms with E-state index < -0.39 is 0 Å². The van der Waals surface area contributed by atoms with Crippen LogP contribution in [0.4, 0.5) is 0 Å². The van der Waals surface area contributed by atoms with Gasteiger partial charge in [-0.25, -0.2) is 0 Å². The van der Waals surface area contributed by atoms with Gasteiger partial charge in [-0.15, -0.1) is 0 Å². The molecule has 0 atom stereocenters. The number of hydrogen-bond donors (Lipinski definition) is 2. The summed E-state index contributed by atoms with van der Waals surface area (Å²) in [5.74, 6) is 3.20. The smallest absolute Gasteiger partial charge is 0.191 e. The average molecular weight is 355 g/mol. The summed E-state index contributed by atoms with van der Waals surface area (Å²) in [7, 11) is 3.43. The summed E-state index contributed by atoms with van der Waals surface area (Å²) in [6.07, 6.45) is 0.906. The SMILES string of the molecule is CN=C(NCc1cccc(OC)c1)NCc1ccc2c(c1)OCCCO2. The van der Waals surface area contributed by atoms with E-state index in [-0.39, 0.29) is 0 Å². The molecule has 3 rings (SSSR count). The first-order valence-corrected chi connectivity index (χ1v) is 8.74. The third-order valence-corrected chi connectivity index (χ3v) is 4.09. The van der Waals surface area contributed by atoms with E-state index in [1.807, 2.05) is 42.5 Å². The van der Waals surface area contributed by atoms with Gasteiger partial charge in [0.25, 0.3) is 0 Å². The lowest BCUT2D eigenvalue weighted by atomic mass is 10.2. The van der Waals surface area contributed by atoms with Crippen molar-refractivity contribution in [3.8, 4) is 17.2 Å². The topological polar surface area (TPSA) is 64.1 Å². The molecule has 0 fully saturated rings. The van der Waals surface area contributed by atoms with Crippen LogP contribution < -0.4 is 24.8 Å². The summed E-state index contributed by atoms with van der Waals surface area (Å²) in [6.45, 7) is 2.70. The third kappa shape index (κ3) is 4.81. The molecule has 0 saturated carbocycles. The summed E-state index contributed by atoms with van der Waals surface area (Å²) in [5, 5.41) is 6.63. The summed E-state index contributed by atoms with van der Waals surface area (Å²) in [6, 6.07) is 14.0. The Morgan fingerprint density at radius 1 is 1.00 bits per heavy atom. The molecule has 0 saturated heterocycles. The van der Waals surface area contributed by atoms with Gasteiger partial charge >= 0.3 is 0 Å². The Labute approximate surface area is 154 Å². The van der Waals surface area contributed by atoms with Crippen molar-refractivity contribution in [3.63, 3.8) is 0 Å². The van der Waals surface area contributed by atoms with Crippen molar-refractivity contribution < 1.29 is 14.2 Å². The van der Waals surface area contributed by atoms with E-state index in [1.54, 1.807) is 14.2 Å². The summed E-state index contributed by atoms with van der Waals surface area (Å²) in [5.41, 5.74) is 2.24. The second-order valence-electron chi connectivity index (χ2n) is 5.96. The molecular weight excluding hydrogens is 330 g/mol. The second kappa shape index (κ2) is 8.99. The number of nitrogens with zero attached hydrogens (tertiary/aromatic N) is 1. The number of guanidine groups is 1. The van der Waals surface area contributed by atoms with E-state index in [4.69, 9.17) is 14.2 Å². The Bertz CT molecular complexity index is 762. The fourth-order valence-corrected chi connectivity index (χ4v) is 2.69. The van der Waals surface area contributed by atoms with Crippen LogP contribution in [0.25, 0.3) is 0 Å². The Morgan fingerprint density at radius 3 is 2.46 bits per heavy atom. The first-order valence-electron chi connectivity index (χ1n) is 8.74. The van der Waals surface area contributed by atoms with Crippen LogP contribution in [-0.2, 0) is 13.1 Å². The highest BCUT2D eigenvalue weighted by Gasteiger charge is 2.10. The highest BCUT2D eigenvalue weighted by atomic mass is 16.5. The fourth-order valence-electron chi connectivity index (χ4n) is 2.69. The van der Waals surface area contributed by atoms with Gasteiger partial charge in [-0.2, -0.15) is 0 Å². The van der Waals surface area contributed by atoms with Crippen LogP contribution in [0, 0.1) is 0 Å². The number of benzene rings is 2. The van der Waals surface area contributed by atoms with E-state index >= 15 is 0 Å². The number of rotatable bonds is 5. The normalized spacial score (nSPS) is 13.7. The van der Waals surface area contributed by atoms with Crippen molar-refractivity contribution in [1.82, 2.24) is 10.6 Å². The summed E-state index contributed by atoms with van der Waals surface area (Å²) >= 11 is 0. The predicted molar refractivity (Wildman–Crippen MR) is 102 cm³/mol. The standard InChI is InChI=1S/C20H25N3O3/c1-21-20(22-13-15-5-3-6-17(11-15)24-2)23-14-16-7-8-18-19(12-16)26-10-4-9-25-18/h3,5-8,11-12H,4,9-10,13-14H2,1-2H3,(H2,21,22,23). The molecule has 26 heavy (non-hydrogen) atoms. The van der Waals surface area contributed by atoms with Gasteiger partial charge in [0.15, 0.2) is 17.5 Å². The van der Waals surface area contributed by atoms with Crippen LogP contribution in [0.5, 0.6) is 17.2 Å². The van der Waals surface area contributed by atoms with Crippen LogP contribution >= 0.6 is 0 Å². The Balaban J connectivity index is 1.55. The van der Waals surface area contributed by atoms with Gasteiger partial charge in [-0.3, -0.25) is 4.99 Å². The lowest BCUT2D eigenvalue weighted by Crippen LogP contribution is -2.36. The third-order valence-electron chi connectivity index (χ3n) is 4.09. The van der Waals surface area contributed by atoms with Crippen LogP contribution in [0.15, 0.2) is 47.5 Å². The number of nitrogens with one attached hydrogen (secondary N) is 2. The molecule has 2 aromatic carbocycles. The van der Waals surface area contributed by atoms with Crippen molar-refractivity contribution in [2.75, 3.05) is 27.4 Å². The Hall–Kier alpha value is -2.89. The maximum Gasteiger partial charge on any atom is 0.191 e. The lowest BCUT2D eigenvalue weighted by molar-refractivity contribution is 0.297. The van der Waals surface area contributed by atoms with Crippen molar-refractivity contribution in [3.05, 3.63) is 53.6 Å². The molecule has 2 aromatic rings. The zero-order valence-corrected chi connectivity index (χ0v) is 15.2. The minimum Gasteiger partial charge on any atom is -0.497 e. The van der Waals surface area contributed by atoms with E-state index in [9.17, 15) is 0 Å². The molecule has 0 spiro atoms. The summed E-state index contributed by atoms with van der Waals surface area (Å²) < 4.78 is 16.7. The molecule has 0 bridgehead atoms. The molecule has 6 heteroatoms. The predicted octanol–water partition coefficient (Wildman–Crippen LogP) is 2.72. The Morgan fingerprint density at radius 2 is 1.73 bits per heavy atom. The molecule has 6 nitrogen and oxygen atoms in total. The van der Waals surface area contributed by atoms with Gasteiger partial charge in [0.2, 0.25) is 0 Å². The maximum atomic E-state index is 5.74. The highest BCUT2D eigenvalue weighted by molar-refractivity contribution is 5.79. The average Bonchev–Trinajstić information content (AvgIpc) is 2.93. The molecule has 0 unspecified atom stereocenters. The highest BCUT2D eigenvalue weighted by Crippen LogP contribution is 2.30. The molecule has 2 N–H and O–H groups in total. The van der Waals surface area contributed by atoms with Gasteiger partial charge in [0, 0.05) is 26.6 Å². The summed E-state index contributed by atoms with van der Waals surface area (Å²) in [4.78, 5) is 4.27. The molecule has 1 aliphatic heterocycles. The van der Waals surface area contributed by atoms with Crippen LogP contribution in [0.2, 0.25) is 0 Å². The first-order chi connectivity index (χ1) is 12.8. The van der Waals surface area contributed by atoms with Gasteiger partial charge in [0.05, 0.1) is 20.3 Å². The number of ether oxygens (including phenoxy) is 3. The lowest BCUT2D eigenvalue weighted by Gasteiger charge is -2.14. The monoisotopic (exact) mass is 355 g/mol. The van der Waals surface area contributed by atoms with E-state index in [2.05, 4.69) is 15.6 Å².